The molecule has 0 spiro atoms. The Kier molecular flexibility index (Phi) is 1.86. The Hall–Kier alpha value is -0.370. The Morgan fingerprint density at radius 3 is 2.67 bits per heavy atom. The lowest BCUT2D eigenvalue weighted by Gasteiger charge is -1.88. The van der Waals surface area contributed by atoms with Crippen molar-refractivity contribution < 1.29 is 4.79 Å². The molecule has 0 saturated carbocycles. The number of Topliss-reactive ketones (excluding diaryl/α,β-unsaturated/α-hetero) is 1. The minimum atomic E-state index is 0.167. The first-order valence-electron chi connectivity index (χ1n) is 2.77. The van der Waals surface area contributed by atoms with Crippen LogP contribution in [0, 0.1) is 0 Å². The van der Waals surface area contributed by atoms with Gasteiger partial charge in [0.15, 0.2) is 5.78 Å². The van der Waals surface area contributed by atoms with Crippen LogP contribution in [0.2, 0.25) is 0 Å². The second kappa shape index (κ2) is 2.48. The average Bonchev–Trinajstić information content (AvgIpc) is 2.14. The van der Waals surface area contributed by atoms with Crippen LogP contribution in [0.1, 0.15) is 13.3 Å². The van der Waals surface area contributed by atoms with Crippen molar-refractivity contribution in [2.75, 3.05) is 0 Å². The molecule has 0 amide bonds. The summed E-state index contributed by atoms with van der Waals surface area (Å²) in [5.41, 5.74) is 0.891. The SMILES string of the molecule is CC(=O)C1=CC(Br)=CC1. The van der Waals surface area contributed by atoms with Crippen molar-refractivity contribution in [3.05, 3.63) is 22.2 Å². The van der Waals surface area contributed by atoms with Crippen LogP contribution < -0.4 is 0 Å². The largest absolute Gasteiger partial charge is 0.295 e. The Balaban J connectivity index is 2.71. The highest BCUT2D eigenvalue weighted by atomic mass is 79.9. The van der Waals surface area contributed by atoms with Gasteiger partial charge < -0.3 is 0 Å². The van der Waals surface area contributed by atoms with Gasteiger partial charge >= 0.3 is 0 Å². The van der Waals surface area contributed by atoms with Crippen LogP contribution in [0.15, 0.2) is 22.2 Å². The van der Waals surface area contributed by atoms with E-state index >= 15 is 0 Å². The van der Waals surface area contributed by atoms with Crippen LogP contribution in [0.5, 0.6) is 0 Å². The summed E-state index contributed by atoms with van der Waals surface area (Å²) in [5, 5.41) is 0. The van der Waals surface area contributed by atoms with Crippen LogP contribution in [0.25, 0.3) is 0 Å². The van der Waals surface area contributed by atoms with E-state index in [1.807, 2.05) is 12.2 Å². The molecule has 0 bridgehead atoms. The Labute approximate surface area is 62.6 Å². The maximum Gasteiger partial charge on any atom is 0.156 e. The number of halogens is 1. The quantitative estimate of drug-likeness (QED) is 0.614. The first-order chi connectivity index (χ1) is 4.20. The van der Waals surface area contributed by atoms with Gasteiger partial charge in [-0.15, -0.1) is 0 Å². The predicted molar refractivity (Wildman–Crippen MR) is 40.4 cm³/mol. The molecule has 0 aromatic rings. The topological polar surface area (TPSA) is 17.1 Å². The standard InChI is InChI=1S/C7H7BrO/c1-5(9)6-2-3-7(8)4-6/h3-4H,2H2,1H3. The van der Waals surface area contributed by atoms with Gasteiger partial charge in [-0.2, -0.15) is 0 Å². The molecule has 0 aliphatic heterocycles. The highest BCUT2D eigenvalue weighted by molar-refractivity contribution is 9.11. The van der Waals surface area contributed by atoms with E-state index in [0.717, 1.165) is 16.5 Å². The average molecular weight is 187 g/mol. The van der Waals surface area contributed by atoms with Gasteiger partial charge in [-0.25, -0.2) is 0 Å². The molecule has 1 nitrogen and oxygen atoms in total. The third kappa shape index (κ3) is 1.52. The van der Waals surface area contributed by atoms with Crippen LogP contribution in [-0.4, -0.2) is 5.78 Å². The molecule has 2 heteroatoms. The number of carbonyl (C=O) groups excluding carboxylic acids is 1. The molecular weight excluding hydrogens is 180 g/mol. The lowest BCUT2D eigenvalue weighted by Crippen LogP contribution is -1.91. The molecule has 1 aliphatic carbocycles. The summed E-state index contributed by atoms with van der Waals surface area (Å²) in [6.07, 6.45) is 4.63. The summed E-state index contributed by atoms with van der Waals surface area (Å²) in [7, 11) is 0. The maximum atomic E-state index is 10.7. The lowest BCUT2D eigenvalue weighted by atomic mass is 10.2. The molecule has 0 N–H and O–H groups in total. The molecule has 48 valence electrons. The van der Waals surface area contributed by atoms with Gasteiger partial charge in [0.1, 0.15) is 0 Å². The van der Waals surface area contributed by atoms with E-state index in [1.54, 1.807) is 6.92 Å². The number of hydrogen-bond donors (Lipinski definition) is 0. The summed E-state index contributed by atoms with van der Waals surface area (Å²) in [4.78, 5) is 10.7. The molecule has 0 aromatic heterocycles. The van der Waals surface area contributed by atoms with E-state index in [4.69, 9.17) is 0 Å². The first kappa shape index (κ1) is 6.75. The predicted octanol–water partition coefficient (Wildman–Crippen LogP) is 2.18. The zero-order valence-electron chi connectivity index (χ0n) is 5.15. The van der Waals surface area contributed by atoms with Gasteiger partial charge in [0.25, 0.3) is 0 Å². The summed E-state index contributed by atoms with van der Waals surface area (Å²) in [5.74, 6) is 0.167. The number of ketones is 1. The van der Waals surface area contributed by atoms with E-state index in [9.17, 15) is 4.79 Å². The molecule has 0 fully saturated rings. The van der Waals surface area contributed by atoms with Crippen molar-refractivity contribution in [3.8, 4) is 0 Å². The summed E-state index contributed by atoms with van der Waals surface area (Å²) in [6.45, 7) is 1.59. The van der Waals surface area contributed by atoms with Crippen molar-refractivity contribution in [2.24, 2.45) is 0 Å². The highest BCUT2D eigenvalue weighted by Crippen LogP contribution is 2.21. The molecule has 0 saturated heterocycles. The fourth-order valence-electron chi connectivity index (χ4n) is 0.737. The summed E-state index contributed by atoms with van der Waals surface area (Å²) >= 11 is 3.28. The Bertz CT molecular complexity index is 201. The Morgan fingerprint density at radius 2 is 2.44 bits per heavy atom. The second-order valence-electron chi connectivity index (χ2n) is 2.02. The monoisotopic (exact) mass is 186 g/mol. The van der Waals surface area contributed by atoms with E-state index < -0.39 is 0 Å². The fourth-order valence-corrected chi connectivity index (χ4v) is 1.18. The van der Waals surface area contributed by atoms with Gasteiger partial charge in [-0.3, -0.25) is 4.79 Å². The van der Waals surface area contributed by atoms with Crippen molar-refractivity contribution >= 4 is 21.7 Å². The minimum Gasteiger partial charge on any atom is -0.295 e. The zero-order chi connectivity index (χ0) is 6.85. The maximum absolute atomic E-state index is 10.7. The normalized spacial score (nSPS) is 17.1. The molecule has 0 atom stereocenters. The molecule has 1 rings (SSSR count). The third-order valence-electron chi connectivity index (χ3n) is 1.28. The highest BCUT2D eigenvalue weighted by Gasteiger charge is 2.07. The van der Waals surface area contributed by atoms with Gasteiger partial charge in [0.05, 0.1) is 0 Å². The molecule has 9 heavy (non-hydrogen) atoms. The van der Waals surface area contributed by atoms with E-state index in [2.05, 4.69) is 15.9 Å². The summed E-state index contributed by atoms with van der Waals surface area (Å²) in [6, 6.07) is 0. The van der Waals surface area contributed by atoms with Gasteiger partial charge in [0.2, 0.25) is 0 Å². The fraction of sp³-hybridized carbons (Fsp3) is 0.286. The Morgan fingerprint density at radius 1 is 1.78 bits per heavy atom. The molecule has 0 unspecified atom stereocenters. The van der Waals surface area contributed by atoms with Crippen molar-refractivity contribution in [3.63, 3.8) is 0 Å². The van der Waals surface area contributed by atoms with Crippen LogP contribution in [0.3, 0.4) is 0 Å². The van der Waals surface area contributed by atoms with Crippen LogP contribution >= 0.6 is 15.9 Å². The smallest absolute Gasteiger partial charge is 0.156 e. The number of rotatable bonds is 1. The zero-order valence-corrected chi connectivity index (χ0v) is 6.73. The minimum absolute atomic E-state index is 0.167. The lowest BCUT2D eigenvalue weighted by molar-refractivity contribution is -0.113. The number of carbonyl (C=O) groups is 1. The van der Waals surface area contributed by atoms with Crippen molar-refractivity contribution in [1.29, 1.82) is 0 Å². The van der Waals surface area contributed by atoms with Gasteiger partial charge in [-0.05, 0) is 25.0 Å². The van der Waals surface area contributed by atoms with E-state index in [0.29, 0.717) is 0 Å². The van der Waals surface area contributed by atoms with E-state index in [1.165, 1.54) is 0 Å². The van der Waals surface area contributed by atoms with Gasteiger partial charge in [-0.1, -0.05) is 22.0 Å². The summed E-state index contributed by atoms with van der Waals surface area (Å²) < 4.78 is 1.02. The molecular formula is C7H7BrO. The molecule has 0 heterocycles. The third-order valence-corrected chi connectivity index (χ3v) is 1.83. The molecule has 1 aliphatic rings. The van der Waals surface area contributed by atoms with Gasteiger partial charge in [0, 0.05) is 4.48 Å². The second-order valence-corrected chi connectivity index (χ2v) is 2.93. The number of hydrogen-bond acceptors (Lipinski definition) is 1. The van der Waals surface area contributed by atoms with Crippen molar-refractivity contribution in [2.45, 2.75) is 13.3 Å². The molecule has 0 aromatic carbocycles. The van der Waals surface area contributed by atoms with Crippen LogP contribution in [-0.2, 0) is 4.79 Å². The molecule has 0 radical (unpaired) electrons. The van der Waals surface area contributed by atoms with Crippen molar-refractivity contribution in [1.82, 2.24) is 0 Å². The number of allylic oxidation sites excluding steroid dienone is 4. The first-order valence-corrected chi connectivity index (χ1v) is 3.56. The van der Waals surface area contributed by atoms with Crippen LogP contribution in [0.4, 0.5) is 0 Å². The van der Waals surface area contributed by atoms with E-state index in [-0.39, 0.29) is 5.78 Å².